The summed E-state index contributed by atoms with van der Waals surface area (Å²) in [5.74, 6) is 0. The monoisotopic (exact) mass is 636 g/mol. The van der Waals surface area contributed by atoms with Crippen molar-refractivity contribution in [1.29, 1.82) is 0 Å². The molecule has 0 aliphatic carbocycles. The maximum atomic E-state index is 2.20. The van der Waals surface area contributed by atoms with E-state index in [1.165, 1.54) is 49.0 Å². The van der Waals surface area contributed by atoms with Gasteiger partial charge in [-0.15, -0.1) is 122 Å². The van der Waals surface area contributed by atoms with Crippen LogP contribution in [0.25, 0.3) is 32.3 Å². The summed E-state index contributed by atoms with van der Waals surface area (Å²) in [6.07, 6.45) is 0. The molecule has 6 rings (SSSR count). The predicted molar refractivity (Wildman–Crippen MR) is 133 cm³/mol. The van der Waals surface area contributed by atoms with Crippen LogP contribution < -0.4 is 37.2 Å². The molecule has 0 amide bonds. The summed E-state index contributed by atoms with van der Waals surface area (Å²) >= 11 is 0. The number of fused-ring (bicyclic) bond motifs is 3. The quantitative estimate of drug-likeness (QED) is 0.157. The molecule has 6 aromatic carbocycles. The molecule has 0 saturated heterocycles. The second-order valence-corrected chi connectivity index (χ2v) is 7.98. The van der Waals surface area contributed by atoms with Crippen LogP contribution in [0, 0.1) is 20.8 Å². The van der Waals surface area contributed by atoms with E-state index in [1.54, 1.807) is 0 Å². The SMILES string of the molecule is Cc1cc2ccccc2[cH-]1.Cc1cc2ccccc2[cH-]1.Cc1cc2ccccc2[cH-]1.[Cl-].[Cl-].[Cl-].[Ti+2].[Ti+2].[Ti+2]. The van der Waals surface area contributed by atoms with Crippen LogP contribution in [0.3, 0.4) is 0 Å². The molecule has 180 valence electrons. The van der Waals surface area contributed by atoms with Gasteiger partial charge in [-0.1, -0.05) is 39.0 Å². The predicted octanol–water partition coefficient (Wildman–Crippen LogP) is -0.394. The van der Waals surface area contributed by atoms with E-state index >= 15 is 0 Å². The van der Waals surface area contributed by atoms with E-state index in [0.717, 1.165) is 0 Å². The van der Waals surface area contributed by atoms with Crippen LogP contribution in [-0.4, -0.2) is 0 Å². The minimum atomic E-state index is 0. The Bertz CT molecular complexity index is 1130. The second kappa shape index (κ2) is 19.6. The molecule has 36 heavy (non-hydrogen) atoms. The van der Waals surface area contributed by atoms with E-state index in [-0.39, 0.29) is 102 Å². The Morgan fingerprint density at radius 1 is 0.389 bits per heavy atom. The number of aryl methyl sites for hydroxylation is 3. The molecule has 0 atom stereocenters. The molecule has 0 heterocycles. The molecule has 0 bridgehead atoms. The molecule has 0 fully saturated rings. The molecule has 6 heteroatoms. The van der Waals surface area contributed by atoms with Crippen molar-refractivity contribution in [2.45, 2.75) is 20.8 Å². The summed E-state index contributed by atoms with van der Waals surface area (Å²) in [6, 6.07) is 38.5. The number of hydrogen-bond donors (Lipinski definition) is 0. The molecule has 0 aliphatic rings. The fourth-order valence-corrected chi connectivity index (χ4v) is 3.92. The van der Waals surface area contributed by atoms with Crippen molar-refractivity contribution in [2.24, 2.45) is 0 Å². The van der Waals surface area contributed by atoms with Gasteiger partial charge in [0.2, 0.25) is 0 Å². The molecule has 0 aliphatic heterocycles. The third-order valence-electron chi connectivity index (χ3n) is 5.29. The van der Waals surface area contributed by atoms with Gasteiger partial charge in [-0.05, 0) is 0 Å². The van der Waals surface area contributed by atoms with Crippen molar-refractivity contribution < 1.29 is 102 Å². The standard InChI is InChI=1S/3C10H9.3ClH.3Ti/c3*1-8-6-9-4-2-3-5-10(9)7-8;;;;;;/h3*2-7H,1H3;3*1H;;;/q3*-1;;;;3*+2/p-3. The van der Waals surface area contributed by atoms with Gasteiger partial charge in [0.25, 0.3) is 0 Å². The first kappa shape index (κ1) is 40.0. The third kappa shape index (κ3) is 11.1. The zero-order valence-electron chi connectivity index (χ0n) is 20.5. The Morgan fingerprint density at radius 3 is 0.833 bits per heavy atom. The minimum Gasteiger partial charge on any atom is -1.00 e. The van der Waals surface area contributed by atoms with Crippen LogP contribution in [0.4, 0.5) is 0 Å². The Morgan fingerprint density at radius 2 is 0.611 bits per heavy atom. The van der Waals surface area contributed by atoms with Crippen LogP contribution in [0.5, 0.6) is 0 Å². The van der Waals surface area contributed by atoms with Gasteiger partial charge in [0, 0.05) is 0 Å². The van der Waals surface area contributed by atoms with E-state index in [9.17, 15) is 0 Å². The fraction of sp³-hybridized carbons (Fsp3) is 0.100. The zero-order valence-corrected chi connectivity index (χ0v) is 27.5. The van der Waals surface area contributed by atoms with Gasteiger partial charge >= 0.3 is 65.2 Å². The Kier molecular flexibility index (Phi) is 21.7. The molecule has 0 unspecified atom stereocenters. The smallest absolute Gasteiger partial charge is 1.00 e. The molecule has 0 aromatic heterocycles. The number of rotatable bonds is 0. The Labute approximate surface area is 278 Å². The van der Waals surface area contributed by atoms with Gasteiger partial charge in [0.1, 0.15) is 0 Å². The first-order valence-electron chi connectivity index (χ1n) is 10.4. The molecule has 0 nitrogen and oxygen atoms in total. The second-order valence-electron chi connectivity index (χ2n) is 7.98. The van der Waals surface area contributed by atoms with Crippen LogP contribution in [0.15, 0.2) is 109 Å². The van der Waals surface area contributed by atoms with E-state index in [1.807, 2.05) is 0 Å². The van der Waals surface area contributed by atoms with Gasteiger partial charge in [-0.25, -0.2) is 0 Å². The van der Waals surface area contributed by atoms with Crippen molar-refractivity contribution in [3.63, 3.8) is 0 Å². The van der Waals surface area contributed by atoms with E-state index in [2.05, 4.69) is 130 Å². The van der Waals surface area contributed by atoms with Gasteiger partial charge in [0.15, 0.2) is 0 Å². The Hall–Kier alpha value is -0.497. The first-order valence-corrected chi connectivity index (χ1v) is 10.4. The van der Waals surface area contributed by atoms with Crippen LogP contribution in [-0.2, 0) is 65.2 Å². The largest absolute Gasteiger partial charge is 2.00 e. The van der Waals surface area contributed by atoms with Crippen molar-refractivity contribution in [1.82, 2.24) is 0 Å². The summed E-state index contributed by atoms with van der Waals surface area (Å²) < 4.78 is 0. The third-order valence-corrected chi connectivity index (χ3v) is 5.29. The average molecular weight is 638 g/mol. The van der Waals surface area contributed by atoms with E-state index < -0.39 is 0 Å². The first-order chi connectivity index (χ1) is 14.6. The summed E-state index contributed by atoms with van der Waals surface area (Å²) in [5, 5.41) is 8.08. The maximum Gasteiger partial charge on any atom is 2.00 e. The number of halogens is 3. The average Bonchev–Trinajstić information content (AvgIpc) is 3.41. The van der Waals surface area contributed by atoms with Crippen LogP contribution in [0.1, 0.15) is 16.7 Å². The molecular weight excluding hydrogens is 610 g/mol. The molecule has 0 spiro atoms. The van der Waals surface area contributed by atoms with Gasteiger partial charge < -0.3 is 37.2 Å². The van der Waals surface area contributed by atoms with Crippen LogP contribution in [0.2, 0.25) is 0 Å². The van der Waals surface area contributed by atoms with E-state index in [0.29, 0.717) is 0 Å². The van der Waals surface area contributed by atoms with Crippen molar-refractivity contribution >= 4 is 32.3 Å². The topological polar surface area (TPSA) is 0 Å². The van der Waals surface area contributed by atoms with Gasteiger partial charge in [-0.3, -0.25) is 0 Å². The molecular formula is C30H27Cl3Ti3. The van der Waals surface area contributed by atoms with Crippen molar-refractivity contribution in [3.05, 3.63) is 126 Å². The minimum absolute atomic E-state index is 0. The normalized spacial score (nSPS) is 8.75. The van der Waals surface area contributed by atoms with Crippen LogP contribution >= 0.6 is 0 Å². The fourth-order valence-electron chi connectivity index (χ4n) is 3.92. The zero-order chi connectivity index (χ0) is 20.9. The molecule has 0 radical (unpaired) electrons. The summed E-state index contributed by atoms with van der Waals surface area (Å²) in [7, 11) is 0. The molecule has 0 N–H and O–H groups in total. The van der Waals surface area contributed by atoms with Gasteiger partial charge in [-0.2, -0.15) is 18.2 Å². The summed E-state index contributed by atoms with van der Waals surface area (Å²) in [6.45, 7) is 6.38. The van der Waals surface area contributed by atoms with Gasteiger partial charge in [0.05, 0.1) is 0 Å². The Balaban J connectivity index is -0.000000419. The van der Waals surface area contributed by atoms with E-state index in [4.69, 9.17) is 0 Å². The summed E-state index contributed by atoms with van der Waals surface area (Å²) in [4.78, 5) is 0. The maximum absolute atomic E-state index is 2.20. The summed E-state index contributed by atoms with van der Waals surface area (Å²) in [5.41, 5.74) is 4.05. The molecule has 0 saturated carbocycles. The molecule has 6 aromatic rings. The van der Waals surface area contributed by atoms with Crippen molar-refractivity contribution in [3.8, 4) is 0 Å². The van der Waals surface area contributed by atoms with Crippen molar-refractivity contribution in [2.75, 3.05) is 0 Å². The number of hydrogen-bond acceptors (Lipinski definition) is 0. The number of benzene rings is 3.